The Labute approximate surface area is 191 Å². The molecule has 9 heteroatoms. The number of aromatic hydroxyl groups is 3. The molecule has 5 N–H and O–H groups in total. The van der Waals surface area contributed by atoms with Gasteiger partial charge in [0.15, 0.2) is 0 Å². The third kappa shape index (κ3) is 3.78. The minimum atomic E-state index is -0.533. The molecular weight excluding hydrogens is 426 g/mol. The Morgan fingerprint density at radius 1 is 1.06 bits per heavy atom. The predicted molar refractivity (Wildman–Crippen MR) is 118 cm³/mol. The van der Waals surface area contributed by atoms with Crippen molar-refractivity contribution in [1.82, 2.24) is 14.6 Å². The Morgan fingerprint density at radius 3 is 2.30 bits per heavy atom. The molecule has 4 saturated carbocycles. The van der Waals surface area contributed by atoms with Gasteiger partial charge >= 0.3 is 5.69 Å². The van der Waals surface area contributed by atoms with E-state index < -0.39 is 5.91 Å². The Kier molecular flexibility index (Phi) is 5.39. The number of rotatable bonds is 7. The van der Waals surface area contributed by atoms with Crippen molar-refractivity contribution in [3.63, 3.8) is 0 Å². The van der Waals surface area contributed by atoms with Crippen LogP contribution in [0.1, 0.15) is 62.6 Å². The van der Waals surface area contributed by atoms with E-state index in [-0.39, 0.29) is 48.0 Å². The Balaban J connectivity index is 1.56. The number of aromatic nitrogens is 2. The number of amides is 1. The van der Waals surface area contributed by atoms with E-state index in [0.29, 0.717) is 35.4 Å². The topological polar surface area (TPSA) is 137 Å². The van der Waals surface area contributed by atoms with Crippen LogP contribution < -0.4 is 11.2 Å². The number of nitrogens with one attached hydrogen (secondary N) is 1. The van der Waals surface area contributed by atoms with Crippen molar-refractivity contribution in [1.29, 1.82) is 0 Å². The number of benzene rings is 1. The Hall–Kier alpha value is -2.94. The highest BCUT2D eigenvalue weighted by Crippen LogP contribution is 2.59. The molecule has 33 heavy (non-hydrogen) atoms. The van der Waals surface area contributed by atoms with E-state index in [0.717, 1.165) is 19.3 Å². The van der Waals surface area contributed by atoms with Crippen molar-refractivity contribution < 1.29 is 25.3 Å². The first-order valence-electron chi connectivity index (χ1n) is 11.8. The van der Waals surface area contributed by atoms with Crippen LogP contribution in [0.2, 0.25) is 0 Å². The van der Waals surface area contributed by atoms with E-state index >= 15 is 0 Å². The number of hydroxylamine groups is 1. The van der Waals surface area contributed by atoms with E-state index in [4.69, 9.17) is 5.21 Å². The average molecular weight is 458 g/mol. The second-order valence-corrected chi connectivity index (χ2v) is 10.3. The highest BCUT2D eigenvalue weighted by atomic mass is 16.5. The number of hydrogen-bond donors (Lipinski definition) is 5. The van der Waals surface area contributed by atoms with Gasteiger partial charge in [0.2, 0.25) is 11.8 Å². The van der Waals surface area contributed by atoms with Gasteiger partial charge in [0.05, 0.1) is 17.8 Å². The SMILES string of the molecule is O=C(CCCc1c(O)n(C23CC4CC(CC(C4)C2)C3)c(=O)n1Cc1cc(O)ccc1O)NO. The van der Waals surface area contributed by atoms with Crippen LogP contribution in [0.4, 0.5) is 0 Å². The fourth-order valence-corrected chi connectivity index (χ4v) is 7.09. The number of nitrogens with zero attached hydrogens (tertiary/aromatic N) is 2. The quantitative estimate of drug-likeness (QED) is 0.246. The van der Waals surface area contributed by atoms with Gasteiger partial charge in [-0.25, -0.2) is 10.3 Å². The summed E-state index contributed by atoms with van der Waals surface area (Å²) in [4.78, 5) is 25.3. The molecule has 1 amide bonds. The largest absolute Gasteiger partial charge is 0.508 e. The van der Waals surface area contributed by atoms with Gasteiger partial charge in [-0.1, -0.05) is 0 Å². The molecule has 0 aliphatic heterocycles. The van der Waals surface area contributed by atoms with Crippen LogP contribution >= 0.6 is 0 Å². The first-order chi connectivity index (χ1) is 15.8. The van der Waals surface area contributed by atoms with Crippen LogP contribution in [0.25, 0.3) is 0 Å². The summed E-state index contributed by atoms with van der Waals surface area (Å²) in [5.41, 5.74) is 1.67. The summed E-state index contributed by atoms with van der Waals surface area (Å²) in [7, 11) is 0. The van der Waals surface area contributed by atoms with Gasteiger partial charge in [0.25, 0.3) is 0 Å². The zero-order valence-electron chi connectivity index (χ0n) is 18.5. The summed E-state index contributed by atoms with van der Waals surface area (Å²) in [6.07, 6.45) is 6.91. The first-order valence-corrected chi connectivity index (χ1v) is 11.8. The van der Waals surface area contributed by atoms with Crippen LogP contribution in [0, 0.1) is 17.8 Å². The highest BCUT2D eigenvalue weighted by Gasteiger charge is 2.53. The minimum absolute atomic E-state index is 0.00643. The van der Waals surface area contributed by atoms with Gasteiger partial charge in [-0.3, -0.25) is 19.1 Å². The second kappa shape index (κ2) is 8.13. The first kappa shape index (κ1) is 21.9. The third-order valence-electron chi connectivity index (χ3n) is 8.03. The average Bonchev–Trinajstić information content (AvgIpc) is 2.99. The number of phenols is 2. The summed E-state index contributed by atoms with van der Waals surface area (Å²) in [5, 5.41) is 40.3. The molecule has 0 unspecified atom stereocenters. The minimum Gasteiger partial charge on any atom is -0.508 e. The van der Waals surface area contributed by atoms with E-state index in [1.165, 1.54) is 42.0 Å². The van der Waals surface area contributed by atoms with Gasteiger partial charge < -0.3 is 15.3 Å². The van der Waals surface area contributed by atoms with Crippen molar-refractivity contribution in [3.8, 4) is 17.4 Å². The zero-order chi connectivity index (χ0) is 23.3. The molecule has 0 radical (unpaired) electrons. The van der Waals surface area contributed by atoms with Crippen LogP contribution in [0.5, 0.6) is 17.4 Å². The fraction of sp³-hybridized carbons (Fsp3) is 0.583. The molecule has 4 bridgehead atoms. The monoisotopic (exact) mass is 457 g/mol. The van der Waals surface area contributed by atoms with Crippen molar-refractivity contribution >= 4 is 5.91 Å². The number of carbonyl (C=O) groups excluding carboxylic acids is 1. The lowest BCUT2D eigenvalue weighted by molar-refractivity contribution is -0.129. The van der Waals surface area contributed by atoms with Crippen molar-refractivity contribution in [2.45, 2.75) is 69.9 Å². The molecule has 178 valence electrons. The normalized spacial score (nSPS) is 27.7. The molecule has 0 saturated heterocycles. The van der Waals surface area contributed by atoms with Gasteiger partial charge in [-0.15, -0.1) is 0 Å². The molecule has 4 aliphatic rings. The Morgan fingerprint density at radius 2 is 1.70 bits per heavy atom. The molecule has 9 nitrogen and oxygen atoms in total. The molecule has 6 rings (SSSR count). The summed E-state index contributed by atoms with van der Waals surface area (Å²) in [5.74, 6) is 1.07. The van der Waals surface area contributed by atoms with Gasteiger partial charge in [-0.05, 0) is 87.3 Å². The summed E-state index contributed by atoms with van der Waals surface area (Å²) >= 11 is 0. The standard InChI is InChI=1S/C24H31N3O6/c28-18-4-5-20(29)17(9-18)13-26-19(2-1-3-21(30)25-33)22(31)27(23(26)32)24-10-14-6-15(11-24)8-16(7-14)12-24/h4-5,9,14-16,28-29,31,33H,1-3,6-8,10-13H2,(H,25,30). The van der Waals surface area contributed by atoms with Crippen molar-refractivity contribution in [2.24, 2.45) is 17.8 Å². The van der Waals surface area contributed by atoms with E-state index in [1.807, 2.05) is 0 Å². The van der Waals surface area contributed by atoms with E-state index in [1.54, 1.807) is 10.0 Å². The third-order valence-corrected chi connectivity index (χ3v) is 8.03. The van der Waals surface area contributed by atoms with Crippen LogP contribution in [-0.4, -0.2) is 35.6 Å². The lowest BCUT2D eigenvalue weighted by Crippen LogP contribution is -2.54. The van der Waals surface area contributed by atoms with Crippen LogP contribution in [0.15, 0.2) is 23.0 Å². The maximum absolute atomic E-state index is 13.8. The molecule has 4 aliphatic carbocycles. The maximum atomic E-state index is 13.8. The van der Waals surface area contributed by atoms with E-state index in [2.05, 4.69) is 0 Å². The summed E-state index contributed by atoms with van der Waals surface area (Å²) < 4.78 is 3.05. The number of carbonyl (C=O) groups is 1. The fourth-order valence-electron chi connectivity index (χ4n) is 7.09. The smallest absolute Gasteiger partial charge is 0.332 e. The summed E-state index contributed by atoms with van der Waals surface area (Å²) in [6, 6.07) is 4.15. The zero-order valence-corrected chi connectivity index (χ0v) is 18.5. The predicted octanol–water partition coefficient (Wildman–Crippen LogP) is 2.57. The van der Waals surface area contributed by atoms with E-state index in [9.17, 15) is 24.9 Å². The highest BCUT2D eigenvalue weighted by molar-refractivity contribution is 5.74. The van der Waals surface area contributed by atoms with Gasteiger partial charge in [0.1, 0.15) is 11.5 Å². The molecule has 2 aromatic rings. The molecule has 1 aromatic heterocycles. The Bertz CT molecular complexity index is 1100. The molecule has 4 fully saturated rings. The van der Waals surface area contributed by atoms with Crippen LogP contribution in [-0.2, 0) is 23.3 Å². The number of imidazole rings is 1. The molecule has 1 heterocycles. The number of hydrogen-bond acceptors (Lipinski definition) is 6. The molecular formula is C24H31N3O6. The maximum Gasteiger partial charge on any atom is 0.332 e. The van der Waals surface area contributed by atoms with Crippen LogP contribution in [0.3, 0.4) is 0 Å². The molecule has 1 aromatic carbocycles. The summed E-state index contributed by atoms with van der Waals surface area (Å²) in [6.45, 7) is -0.00643. The van der Waals surface area contributed by atoms with Crippen molar-refractivity contribution in [2.75, 3.05) is 0 Å². The lowest BCUT2D eigenvalue weighted by Gasteiger charge is -2.56. The van der Waals surface area contributed by atoms with Gasteiger partial charge in [-0.2, -0.15) is 0 Å². The lowest BCUT2D eigenvalue weighted by atomic mass is 9.53. The molecule has 0 spiro atoms. The molecule has 0 atom stereocenters. The second-order valence-electron chi connectivity index (χ2n) is 10.3. The van der Waals surface area contributed by atoms with Gasteiger partial charge in [0, 0.05) is 12.0 Å². The van der Waals surface area contributed by atoms with Crippen molar-refractivity contribution in [3.05, 3.63) is 39.9 Å². The number of phenolic OH excluding ortho intramolecular Hbond substituents is 2.